The average molecular weight is 411 g/mol. The molecular formula is C12H9BrClNO4S2. The van der Waals surface area contributed by atoms with Crippen LogP contribution in [0.3, 0.4) is 0 Å². The number of carboxylic acid groups (broad SMARTS) is 1. The number of carbonyl (C=O) groups is 1. The van der Waals surface area contributed by atoms with Crippen molar-refractivity contribution in [3.8, 4) is 0 Å². The average Bonchev–Trinajstić information content (AvgIpc) is 2.76. The van der Waals surface area contributed by atoms with Gasteiger partial charge >= 0.3 is 5.97 Å². The number of carboxylic acids is 1. The van der Waals surface area contributed by atoms with E-state index in [4.69, 9.17) is 16.7 Å². The summed E-state index contributed by atoms with van der Waals surface area (Å²) in [5, 5.41) is 9.45. The van der Waals surface area contributed by atoms with Crippen molar-refractivity contribution in [1.82, 2.24) is 0 Å². The van der Waals surface area contributed by atoms with Gasteiger partial charge in [0.1, 0.15) is 9.09 Å². The molecule has 1 aromatic heterocycles. The molecule has 21 heavy (non-hydrogen) atoms. The standard InChI is InChI=1S/C12H9BrClNO4S2/c1-6-4-10(20-11(6)12(16)17)21(18,19)15-9-3-2-7(14)5-8(9)13/h2-5,15H,1H3,(H,16,17). The van der Waals surface area contributed by atoms with Gasteiger partial charge < -0.3 is 5.11 Å². The van der Waals surface area contributed by atoms with Gasteiger partial charge in [-0.3, -0.25) is 4.72 Å². The first-order chi connectivity index (χ1) is 9.70. The van der Waals surface area contributed by atoms with Crippen molar-refractivity contribution in [1.29, 1.82) is 0 Å². The van der Waals surface area contributed by atoms with Crippen molar-refractivity contribution < 1.29 is 18.3 Å². The zero-order valence-corrected chi connectivity index (χ0v) is 14.5. The number of hydrogen-bond donors (Lipinski definition) is 2. The van der Waals surface area contributed by atoms with Crippen LogP contribution in [0.15, 0.2) is 32.9 Å². The molecular weight excluding hydrogens is 402 g/mol. The molecule has 2 aromatic rings. The maximum absolute atomic E-state index is 12.3. The maximum atomic E-state index is 12.3. The lowest BCUT2D eigenvalue weighted by Crippen LogP contribution is -2.11. The summed E-state index contributed by atoms with van der Waals surface area (Å²) in [5.74, 6) is -1.15. The minimum Gasteiger partial charge on any atom is -0.477 e. The first kappa shape index (κ1) is 16.3. The number of sulfonamides is 1. The zero-order valence-electron chi connectivity index (χ0n) is 10.6. The van der Waals surface area contributed by atoms with E-state index in [1.165, 1.54) is 12.1 Å². The lowest BCUT2D eigenvalue weighted by molar-refractivity contribution is 0.0701. The molecule has 0 amide bonds. The van der Waals surface area contributed by atoms with Gasteiger partial charge in [0.2, 0.25) is 0 Å². The fraction of sp³-hybridized carbons (Fsp3) is 0.0833. The van der Waals surface area contributed by atoms with Crippen molar-refractivity contribution in [3.05, 3.63) is 44.2 Å². The predicted molar refractivity (Wildman–Crippen MR) is 86.0 cm³/mol. The third-order valence-corrected chi connectivity index (χ3v) is 6.49. The minimum absolute atomic E-state index is 0.00514. The van der Waals surface area contributed by atoms with Crippen LogP contribution in [0.1, 0.15) is 15.2 Å². The highest BCUT2D eigenvalue weighted by Gasteiger charge is 2.22. The zero-order chi connectivity index (χ0) is 15.8. The second kappa shape index (κ2) is 5.96. The van der Waals surface area contributed by atoms with Crippen molar-refractivity contribution >= 4 is 60.5 Å². The van der Waals surface area contributed by atoms with E-state index in [2.05, 4.69) is 20.7 Å². The van der Waals surface area contributed by atoms with Gasteiger partial charge in [-0.25, -0.2) is 13.2 Å². The number of rotatable bonds is 4. The van der Waals surface area contributed by atoms with Gasteiger partial charge in [-0.05, 0) is 52.7 Å². The molecule has 0 atom stereocenters. The summed E-state index contributed by atoms with van der Waals surface area (Å²) in [6.07, 6.45) is 0. The number of thiophene rings is 1. The van der Waals surface area contributed by atoms with E-state index in [-0.39, 0.29) is 9.09 Å². The predicted octanol–water partition coefficient (Wildman–Crippen LogP) is 3.97. The largest absolute Gasteiger partial charge is 0.477 e. The quantitative estimate of drug-likeness (QED) is 0.799. The third-order valence-electron chi connectivity index (χ3n) is 2.53. The molecule has 0 saturated carbocycles. The third kappa shape index (κ3) is 3.57. The van der Waals surface area contributed by atoms with Crippen molar-refractivity contribution in [2.24, 2.45) is 0 Å². The Morgan fingerprint density at radius 1 is 1.38 bits per heavy atom. The second-order valence-electron chi connectivity index (χ2n) is 4.11. The molecule has 0 aliphatic carbocycles. The Balaban J connectivity index is 2.38. The Bertz CT molecular complexity index is 817. The van der Waals surface area contributed by atoms with Gasteiger partial charge in [0.05, 0.1) is 5.69 Å². The first-order valence-corrected chi connectivity index (χ1v) is 8.99. The highest BCUT2D eigenvalue weighted by atomic mass is 79.9. The first-order valence-electron chi connectivity index (χ1n) is 5.52. The summed E-state index contributed by atoms with van der Waals surface area (Å²) in [6.45, 7) is 1.55. The Morgan fingerprint density at radius 3 is 2.57 bits per heavy atom. The van der Waals surface area contributed by atoms with E-state index in [0.29, 0.717) is 32.1 Å². The highest BCUT2D eigenvalue weighted by Crippen LogP contribution is 2.31. The molecule has 0 unspecified atom stereocenters. The van der Waals surface area contributed by atoms with Crippen LogP contribution in [-0.2, 0) is 10.0 Å². The molecule has 2 rings (SSSR count). The molecule has 0 saturated heterocycles. The molecule has 112 valence electrons. The van der Waals surface area contributed by atoms with Crippen LogP contribution in [0.5, 0.6) is 0 Å². The number of halogens is 2. The van der Waals surface area contributed by atoms with Gasteiger partial charge in [0.15, 0.2) is 0 Å². The number of aromatic carboxylic acids is 1. The molecule has 0 bridgehead atoms. The van der Waals surface area contributed by atoms with Crippen LogP contribution in [-0.4, -0.2) is 19.5 Å². The molecule has 5 nitrogen and oxygen atoms in total. The molecule has 1 aromatic carbocycles. The lowest BCUT2D eigenvalue weighted by Gasteiger charge is -2.08. The van der Waals surface area contributed by atoms with Crippen LogP contribution < -0.4 is 4.72 Å². The van der Waals surface area contributed by atoms with E-state index < -0.39 is 16.0 Å². The van der Waals surface area contributed by atoms with Crippen LogP contribution in [0.25, 0.3) is 0 Å². The molecule has 1 heterocycles. The van der Waals surface area contributed by atoms with E-state index in [0.717, 1.165) is 0 Å². The summed E-state index contributed by atoms with van der Waals surface area (Å²) >= 11 is 9.72. The van der Waals surface area contributed by atoms with Gasteiger partial charge in [0, 0.05) is 9.50 Å². The minimum atomic E-state index is -3.85. The Morgan fingerprint density at radius 2 is 2.05 bits per heavy atom. The van der Waals surface area contributed by atoms with Gasteiger partial charge in [-0.1, -0.05) is 11.6 Å². The van der Waals surface area contributed by atoms with Crippen LogP contribution in [0.4, 0.5) is 5.69 Å². The van der Waals surface area contributed by atoms with Crippen LogP contribution >= 0.6 is 38.9 Å². The van der Waals surface area contributed by atoms with E-state index in [1.807, 2.05) is 0 Å². The Hall–Kier alpha value is -1.09. The van der Waals surface area contributed by atoms with Crippen molar-refractivity contribution in [2.75, 3.05) is 4.72 Å². The highest BCUT2D eigenvalue weighted by molar-refractivity contribution is 9.10. The number of hydrogen-bond acceptors (Lipinski definition) is 4. The van der Waals surface area contributed by atoms with Crippen molar-refractivity contribution in [3.63, 3.8) is 0 Å². The van der Waals surface area contributed by atoms with E-state index in [9.17, 15) is 13.2 Å². The second-order valence-corrected chi connectivity index (χ2v) is 8.36. The van der Waals surface area contributed by atoms with E-state index in [1.54, 1.807) is 19.1 Å². The van der Waals surface area contributed by atoms with Crippen LogP contribution in [0.2, 0.25) is 5.02 Å². The monoisotopic (exact) mass is 409 g/mol. The summed E-state index contributed by atoms with van der Waals surface area (Å²) in [7, 11) is -3.85. The van der Waals surface area contributed by atoms with Gasteiger partial charge in [0.25, 0.3) is 10.0 Å². The van der Waals surface area contributed by atoms with Gasteiger partial charge in [-0.2, -0.15) is 0 Å². The smallest absolute Gasteiger partial charge is 0.346 e. The fourth-order valence-corrected chi connectivity index (χ4v) is 4.94. The molecule has 0 fully saturated rings. The molecule has 2 N–H and O–H groups in total. The maximum Gasteiger partial charge on any atom is 0.346 e. The summed E-state index contributed by atoms with van der Waals surface area (Å²) < 4.78 is 27.4. The normalized spacial score (nSPS) is 11.4. The summed E-state index contributed by atoms with van der Waals surface area (Å²) in [6, 6.07) is 5.96. The van der Waals surface area contributed by atoms with Crippen molar-refractivity contribution in [2.45, 2.75) is 11.1 Å². The topological polar surface area (TPSA) is 83.5 Å². The fourth-order valence-electron chi connectivity index (χ4n) is 1.56. The summed E-state index contributed by atoms with van der Waals surface area (Å²) in [5.41, 5.74) is 0.727. The van der Waals surface area contributed by atoms with E-state index >= 15 is 0 Å². The van der Waals surface area contributed by atoms with Crippen LogP contribution in [0, 0.1) is 6.92 Å². The molecule has 0 aliphatic heterocycles. The number of nitrogens with one attached hydrogen (secondary N) is 1. The Kier molecular flexibility index (Phi) is 4.62. The number of anilines is 1. The number of benzene rings is 1. The molecule has 0 aliphatic rings. The Labute approximate surface area is 138 Å². The van der Waals surface area contributed by atoms with Gasteiger partial charge in [-0.15, -0.1) is 11.3 Å². The SMILES string of the molecule is Cc1cc(S(=O)(=O)Nc2ccc(Cl)cc2Br)sc1C(=O)O. The summed E-state index contributed by atoms with van der Waals surface area (Å²) in [4.78, 5) is 11.0. The number of aryl methyl sites for hydroxylation is 1. The molecule has 0 radical (unpaired) electrons. The molecule has 0 spiro atoms. The lowest BCUT2D eigenvalue weighted by atomic mass is 10.3. The molecule has 9 heteroatoms.